The van der Waals surface area contributed by atoms with Gasteiger partial charge in [0.25, 0.3) is 0 Å². The summed E-state index contributed by atoms with van der Waals surface area (Å²) in [5, 5.41) is 13.8. The van der Waals surface area contributed by atoms with Gasteiger partial charge in [0, 0.05) is 11.6 Å². The second-order valence-electron chi connectivity index (χ2n) is 12.4. The molecule has 0 amide bonds. The highest BCUT2D eigenvalue weighted by molar-refractivity contribution is 5.75. The van der Waals surface area contributed by atoms with Crippen molar-refractivity contribution >= 4 is 5.97 Å². The highest BCUT2D eigenvalue weighted by Crippen LogP contribution is 2.56. The van der Waals surface area contributed by atoms with Gasteiger partial charge in [-0.05, 0) is 82.4 Å². The van der Waals surface area contributed by atoms with Gasteiger partial charge in [0.05, 0.1) is 34.8 Å². The molecule has 2 bridgehead atoms. The van der Waals surface area contributed by atoms with Crippen molar-refractivity contribution in [2.45, 2.75) is 95.0 Å². The average molecular weight is 636 g/mol. The number of benzene rings is 1. The molecule has 3 fully saturated rings. The SMILES string of the molecule is C[C@H](Oc1cncc(-n2nc(C(F)(F)F)c3c2[C@H](OC24CCC(C(=O)O)(CC2)CC4)CCC3)c1)c1ccc2c(c1)OC(F)(F)O2. The Bertz CT molecular complexity index is 1630. The molecule has 3 heterocycles. The molecular formula is C31H30F5N3O6. The molecule has 8 rings (SSSR count). The average Bonchev–Trinajstić information content (AvgIpc) is 3.55. The maximum atomic E-state index is 14.3. The van der Waals surface area contributed by atoms with Gasteiger partial charge in [0.1, 0.15) is 18.0 Å². The summed E-state index contributed by atoms with van der Waals surface area (Å²) in [5.41, 5.74) is -1.19. The van der Waals surface area contributed by atoms with E-state index in [4.69, 9.17) is 9.47 Å². The topological polar surface area (TPSA) is 105 Å². The van der Waals surface area contributed by atoms with E-state index in [1.54, 1.807) is 13.0 Å². The van der Waals surface area contributed by atoms with Crippen LogP contribution in [0.15, 0.2) is 36.7 Å². The highest BCUT2D eigenvalue weighted by atomic mass is 19.4. The van der Waals surface area contributed by atoms with Crippen molar-refractivity contribution in [3.05, 3.63) is 59.2 Å². The Kier molecular flexibility index (Phi) is 6.81. The fourth-order valence-electron chi connectivity index (χ4n) is 7.21. The Morgan fingerprint density at radius 3 is 2.47 bits per heavy atom. The van der Waals surface area contributed by atoms with E-state index in [1.807, 2.05) is 0 Å². The van der Waals surface area contributed by atoms with E-state index in [9.17, 15) is 31.9 Å². The molecule has 0 spiro atoms. The molecule has 3 saturated carbocycles. The van der Waals surface area contributed by atoms with Crippen molar-refractivity contribution in [1.82, 2.24) is 14.8 Å². The number of halogens is 5. The summed E-state index contributed by atoms with van der Waals surface area (Å²) in [6.45, 7) is 1.68. The number of nitrogens with zero attached hydrogens (tertiary/aromatic N) is 3. The number of hydrogen-bond acceptors (Lipinski definition) is 7. The van der Waals surface area contributed by atoms with Crippen molar-refractivity contribution in [2.24, 2.45) is 5.41 Å². The largest absolute Gasteiger partial charge is 0.586 e. The number of alkyl halides is 5. The van der Waals surface area contributed by atoms with E-state index in [0.29, 0.717) is 62.6 Å². The molecule has 45 heavy (non-hydrogen) atoms. The first-order chi connectivity index (χ1) is 21.3. The first-order valence-corrected chi connectivity index (χ1v) is 14.9. The molecular weight excluding hydrogens is 605 g/mol. The second-order valence-corrected chi connectivity index (χ2v) is 12.4. The first kappa shape index (κ1) is 29.8. The molecule has 1 N–H and O–H groups in total. The van der Waals surface area contributed by atoms with Crippen LogP contribution >= 0.6 is 0 Å². The first-order valence-electron chi connectivity index (χ1n) is 14.9. The van der Waals surface area contributed by atoms with Gasteiger partial charge >= 0.3 is 18.4 Å². The second kappa shape index (κ2) is 10.3. The predicted octanol–water partition coefficient (Wildman–Crippen LogP) is 7.32. The number of carboxylic acids is 1. The van der Waals surface area contributed by atoms with E-state index in [2.05, 4.69) is 19.6 Å². The highest BCUT2D eigenvalue weighted by Gasteiger charge is 2.54. The number of hydrogen-bond donors (Lipinski definition) is 1. The Labute approximate surface area is 254 Å². The van der Waals surface area contributed by atoms with Crippen LogP contribution in [0.5, 0.6) is 17.2 Å². The summed E-state index contributed by atoms with van der Waals surface area (Å²) in [7, 11) is 0. The quantitative estimate of drug-likeness (QED) is 0.270. The van der Waals surface area contributed by atoms with E-state index in [-0.39, 0.29) is 34.9 Å². The number of ether oxygens (including phenoxy) is 4. The predicted molar refractivity (Wildman–Crippen MR) is 145 cm³/mol. The number of pyridine rings is 1. The van der Waals surface area contributed by atoms with Crippen LogP contribution in [0.25, 0.3) is 5.69 Å². The Balaban J connectivity index is 1.18. The van der Waals surface area contributed by atoms with Gasteiger partial charge in [-0.2, -0.15) is 18.3 Å². The van der Waals surface area contributed by atoms with Crippen LogP contribution in [-0.2, 0) is 22.1 Å². The molecule has 0 radical (unpaired) electrons. The zero-order valence-corrected chi connectivity index (χ0v) is 24.2. The van der Waals surface area contributed by atoms with Crippen molar-refractivity contribution in [3.63, 3.8) is 0 Å². The maximum absolute atomic E-state index is 14.3. The third-order valence-corrected chi connectivity index (χ3v) is 9.66. The summed E-state index contributed by atoms with van der Waals surface area (Å²) in [6.07, 6.45) is -2.84. The summed E-state index contributed by atoms with van der Waals surface area (Å²) in [5.74, 6) is -0.829. The normalized spacial score (nSPS) is 27.2. The molecule has 5 aliphatic rings. The lowest BCUT2D eigenvalue weighted by atomic mass is 9.58. The molecule has 2 aromatic heterocycles. The summed E-state index contributed by atoms with van der Waals surface area (Å²) in [4.78, 5) is 16.1. The summed E-state index contributed by atoms with van der Waals surface area (Å²) in [6, 6.07) is 5.78. The molecule has 1 aliphatic heterocycles. The minimum absolute atomic E-state index is 0.0819. The zero-order chi connectivity index (χ0) is 31.8. The minimum atomic E-state index is -4.70. The standard InChI is InChI=1S/C31H30F5N3O6/c1-17(18-5-6-22-24(13-18)45-31(35,36)44-22)42-20-14-19(15-37-16-20)39-25-21(26(38-39)30(32,33)34)3-2-4-23(25)43-29-10-7-28(8-11-29,9-12-29)27(40)41/h5-6,13-17,23H,2-4,7-12H2,1H3,(H,40,41)/t17-,23+,28?,29?/m0/s1. The molecule has 240 valence electrons. The van der Waals surface area contributed by atoms with Gasteiger partial charge < -0.3 is 24.1 Å². The molecule has 3 aromatic rings. The van der Waals surface area contributed by atoms with Crippen molar-refractivity contribution in [2.75, 3.05) is 0 Å². The fourth-order valence-corrected chi connectivity index (χ4v) is 7.21. The Morgan fingerprint density at radius 2 is 1.78 bits per heavy atom. The van der Waals surface area contributed by atoms with Crippen molar-refractivity contribution in [1.29, 1.82) is 0 Å². The third-order valence-electron chi connectivity index (χ3n) is 9.66. The smallest absolute Gasteiger partial charge is 0.484 e. The van der Waals surface area contributed by atoms with Crippen LogP contribution in [0, 0.1) is 5.41 Å². The van der Waals surface area contributed by atoms with Gasteiger partial charge in [-0.25, -0.2) is 4.68 Å². The van der Waals surface area contributed by atoms with Gasteiger partial charge in [-0.3, -0.25) is 9.78 Å². The molecule has 4 aliphatic carbocycles. The number of rotatable bonds is 7. The Hall–Kier alpha value is -3.94. The number of carbonyl (C=O) groups is 1. The summed E-state index contributed by atoms with van der Waals surface area (Å²) >= 11 is 0. The van der Waals surface area contributed by atoms with Crippen LogP contribution in [0.2, 0.25) is 0 Å². The summed E-state index contributed by atoms with van der Waals surface area (Å²) < 4.78 is 92.6. The number of aromatic nitrogens is 3. The number of carboxylic acid groups (broad SMARTS) is 1. The molecule has 0 unspecified atom stereocenters. The van der Waals surface area contributed by atoms with Crippen LogP contribution in [0.3, 0.4) is 0 Å². The van der Waals surface area contributed by atoms with Crippen LogP contribution < -0.4 is 14.2 Å². The van der Waals surface area contributed by atoms with E-state index in [1.165, 1.54) is 35.3 Å². The number of aliphatic carboxylic acids is 1. The maximum Gasteiger partial charge on any atom is 0.586 e. The minimum Gasteiger partial charge on any atom is -0.484 e. The van der Waals surface area contributed by atoms with Crippen molar-refractivity contribution in [3.8, 4) is 22.9 Å². The molecule has 9 nitrogen and oxygen atoms in total. The van der Waals surface area contributed by atoms with Gasteiger partial charge in [0.15, 0.2) is 17.2 Å². The van der Waals surface area contributed by atoms with E-state index in [0.717, 1.165) is 0 Å². The van der Waals surface area contributed by atoms with Gasteiger partial charge in [0.2, 0.25) is 0 Å². The molecule has 2 atom stereocenters. The number of fused-ring (bicyclic) bond motifs is 5. The van der Waals surface area contributed by atoms with E-state index < -0.39 is 47.4 Å². The lowest BCUT2D eigenvalue weighted by Crippen LogP contribution is -2.51. The third kappa shape index (κ3) is 5.26. The van der Waals surface area contributed by atoms with Crippen LogP contribution in [0.1, 0.15) is 93.0 Å². The lowest BCUT2D eigenvalue weighted by Gasteiger charge is -2.52. The zero-order valence-electron chi connectivity index (χ0n) is 24.2. The molecule has 0 saturated heterocycles. The molecule has 14 heteroatoms. The monoisotopic (exact) mass is 635 g/mol. The van der Waals surface area contributed by atoms with Crippen molar-refractivity contribution < 1.29 is 50.8 Å². The van der Waals surface area contributed by atoms with Crippen LogP contribution in [0.4, 0.5) is 22.0 Å². The lowest BCUT2D eigenvalue weighted by molar-refractivity contribution is -0.286. The Morgan fingerprint density at radius 1 is 1.07 bits per heavy atom. The van der Waals surface area contributed by atoms with E-state index >= 15 is 0 Å². The molecule has 1 aromatic carbocycles. The van der Waals surface area contributed by atoms with Crippen LogP contribution in [-0.4, -0.2) is 37.7 Å². The van der Waals surface area contributed by atoms with Gasteiger partial charge in [-0.15, -0.1) is 8.78 Å². The van der Waals surface area contributed by atoms with Gasteiger partial charge in [-0.1, -0.05) is 6.07 Å². The fraction of sp³-hybridized carbons (Fsp3) is 0.516.